The summed E-state index contributed by atoms with van der Waals surface area (Å²) in [6, 6.07) is 5.72. The first kappa shape index (κ1) is 21.3. The number of hydrogen-bond acceptors (Lipinski definition) is 5. The van der Waals surface area contributed by atoms with E-state index in [9.17, 15) is 4.79 Å². The van der Waals surface area contributed by atoms with Gasteiger partial charge >= 0.3 is 0 Å². The topological polar surface area (TPSA) is 68.8 Å². The van der Waals surface area contributed by atoms with Crippen LogP contribution in [0.1, 0.15) is 39.7 Å². The third-order valence-electron chi connectivity index (χ3n) is 3.28. The number of amides is 1. The molecule has 2 N–H and O–H groups in total. The molecule has 1 aromatic rings. The van der Waals surface area contributed by atoms with Gasteiger partial charge in [0.1, 0.15) is 0 Å². The molecule has 1 amide bonds. The second-order valence-electron chi connectivity index (χ2n) is 6.80. The van der Waals surface area contributed by atoms with Gasteiger partial charge < -0.3 is 24.8 Å². The Labute approximate surface area is 151 Å². The van der Waals surface area contributed by atoms with Crippen molar-refractivity contribution in [3.05, 3.63) is 23.8 Å². The second-order valence-corrected chi connectivity index (χ2v) is 6.80. The lowest BCUT2D eigenvalue weighted by molar-refractivity contribution is -0.124. The highest BCUT2D eigenvalue weighted by Gasteiger charge is 2.15. The molecule has 0 aromatic heterocycles. The average molecular weight is 352 g/mol. The first-order valence-corrected chi connectivity index (χ1v) is 8.75. The Morgan fingerprint density at radius 1 is 1.20 bits per heavy atom. The largest absolute Gasteiger partial charge is 0.493 e. The van der Waals surface area contributed by atoms with Gasteiger partial charge in [-0.05, 0) is 58.4 Å². The summed E-state index contributed by atoms with van der Waals surface area (Å²) >= 11 is 0. The molecular formula is C19H32N2O4. The van der Waals surface area contributed by atoms with Gasteiger partial charge in [-0.2, -0.15) is 0 Å². The Hall–Kier alpha value is -1.79. The molecule has 6 nitrogen and oxygen atoms in total. The predicted molar refractivity (Wildman–Crippen MR) is 99.2 cm³/mol. The Kier molecular flexibility index (Phi) is 9.31. The highest BCUT2D eigenvalue weighted by molar-refractivity contribution is 5.78. The van der Waals surface area contributed by atoms with Crippen molar-refractivity contribution in [3.63, 3.8) is 0 Å². The maximum Gasteiger partial charge on any atom is 0.258 e. The number of carbonyl (C=O) groups excluding carboxylic acids is 1. The lowest BCUT2D eigenvalue weighted by atomic mass is 10.1. The minimum atomic E-state index is -0.276. The van der Waals surface area contributed by atoms with Crippen LogP contribution in [0.15, 0.2) is 18.2 Å². The van der Waals surface area contributed by atoms with Gasteiger partial charge in [-0.15, -0.1) is 0 Å². The molecule has 0 radical (unpaired) electrons. The van der Waals surface area contributed by atoms with E-state index in [1.165, 1.54) is 0 Å². The van der Waals surface area contributed by atoms with Crippen LogP contribution in [0, 0.1) is 0 Å². The van der Waals surface area contributed by atoms with Crippen LogP contribution in [0.4, 0.5) is 0 Å². The molecule has 0 saturated heterocycles. The maximum atomic E-state index is 11.9. The second kappa shape index (κ2) is 10.9. The fourth-order valence-electron chi connectivity index (χ4n) is 2.22. The van der Waals surface area contributed by atoms with Crippen LogP contribution in [0.5, 0.6) is 11.5 Å². The van der Waals surface area contributed by atoms with E-state index in [0.29, 0.717) is 11.5 Å². The van der Waals surface area contributed by atoms with Crippen LogP contribution in [-0.4, -0.2) is 44.9 Å². The fraction of sp³-hybridized carbons (Fsp3) is 0.632. The molecule has 142 valence electrons. The van der Waals surface area contributed by atoms with E-state index in [-0.39, 0.29) is 18.1 Å². The van der Waals surface area contributed by atoms with Crippen molar-refractivity contribution in [1.82, 2.24) is 10.6 Å². The first-order chi connectivity index (χ1) is 11.9. The minimum absolute atomic E-state index is 0.0390. The summed E-state index contributed by atoms with van der Waals surface area (Å²) in [5.74, 6) is 1.03. The minimum Gasteiger partial charge on any atom is -0.493 e. The quantitative estimate of drug-likeness (QED) is 0.599. The SMILES string of the molecule is CCOCCCNCc1ccc(OCC(=O)NC(C)(C)C)c(OC)c1. The summed E-state index contributed by atoms with van der Waals surface area (Å²) < 4.78 is 16.3. The van der Waals surface area contributed by atoms with E-state index in [1.54, 1.807) is 7.11 Å². The molecule has 25 heavy (non-hydrogen) atoms. The number of ether oxygens (including phenoxy) is 3. The third kappa shape index (κ3) is 9.31. The zero-order valence-electron chi connectivity index (χ0n) is 16.1. The number of hydrogen-bond donors (Lipinski definition) is 2. The zero-order chi connectivity index (χ0) is 18.7. The molecule has 0 heterocycles. The Bertz CT molecular complexity index is 527. The van der Waals surface area contributed by atoms with Crippen LogP contribution < -0.4 is 20.1 Å². The van der Waals surface area contributed by atoms with Crippen molar-refractivity contribution < 1.29 is 19.0 Å². The smallest absolute Gasteiger partial charge is 0.258 e. The van der Waals surface area contributed by atoms with Crippen molar-refractivity contribution in [2.24, 2.45) is 0 Å². The Morgan fingerprint density at radius 2 is 1.96 bits per heavy atom. The summed E-state index contributed by atoms with van der Waals surface area (Å²) in [4.78, 5) is 11.9. The predicted octanol–water partition coefficient (Wildman–Crippen LogP) is 2.50. The number of methoxy groups -OCH3 is 1. The number of nitrogens with one attached hydrogen (secondary N) is 2. The lowest BCUT2D eigenvalue weighted by Gasteiger charge is -2.20. The van der Waals surface area contributed by atoms with Crippen molar-refractivity contribution in [3.8, 4) is 11.5 Å². The molecule has 0 aliphatic heterocycles. The highest BCUT2D eigenvalue weighted by Crippen LogP contribution is 2.28. The van der Waals surface area contributed by atoms with Crippen molar-refractivity contribution >= 4 is 5.91 Å². The van der Waals surface area contributed by atoms with Gasteiger partial charge in [0.25, 0.3) is 5.91 Å². The summed E-state index contributed by atoms with van der Waals surface area (Å²) in [5, 5.41) is 6.23. The normalized spacial score (nSPS) is 11.2. The van der Waals surface area contributed by atoms with Crippen LogP contribution in [-0.2, 0) is 16.1 Å². The van der Waals surface area contributed by atoms with E-state index in [0.717, 1.165) is 38.3 Å². The van der Waals surface area contributed by atoms with Crippen molar-refractivity contribution in [1.29, 1.82) is 0 Å². The molecule has 0 saturated carbocycles. The van der Waals surface area contributed by atoms with E-state index >= 15 is 0 Å². The molecule has 0 bridgehead atoms. The van der Waals surface area contributed by atoms with Gasteiger partial charge in [-0.1, -0.05) is 6.07 Å². The van der Waals surface area contributed by atoms with E-state index in [2.05, 4.69) is 10.6 Å². The average Bonchev–Trinajstić information content (AvgIpc) is 2.55. The molecule has 0 aliphatic carbocycles. The van der Waals surface area contributed by atoms with E-state index < -0.39 is 0 Å². The highest BCUT2D eigenvalue weighted by atomic mass is 16.5. The van der Waals surface area contributed by atoms with Gasteiger partial charge in [0.15, 0.2) is 18.1 Å². The lowest BCUT2D eigenvalue weighted by Crippen LogP contribution is -2.43. The van der Waals surface area contributed by atoms with Gasteiger partial charge in [0, 0.05) is 25.3 Å². The summed E-state index contributed by atoms with van der Waals surface area (Å²) in [6.07, 6.45) is 0.981. The Balaban J connectivity index is 2.47. The zero-order valence-corrected chi connectivity index (χ0v) is 16.1. The summed E-state index contributed by atoms with van der Waals surface area (Å²) in [7, 11) is 1.59. The van der Waals surface area contributed by atoms with E-state index in [4.69, 9.17) is 14.2 Å². The number of benzene rings is 1. The molecule has 0 aliphatic rings. The summed E-state index contributed by atoms with van der Waals surface area (Å²) in [5.41, 5.74) is 0.821. The fourth-order valence-corrected chi connectivity index (χ4v) is 2.22. The first-order valence-electron chi connectivity index (χ1n) is 8.75. The van der Waals surface area contributed by atoms with Gasteiger partial charge in [-0.3, -0.25) is 4.79 Å². The van der Waals surface area contributed by atoms with Crippen molar-refractivity contribution in [2.45, 2.75) is 46.2 Å². The molecular weight excluding hydrogens is 320 g/mol. The van der Waals surface area contributed by atoms with Gasteiger partial charge in [-0.25, -0.2) is 0 Å². The van der Waals surface area contributed by atoms with Crippen LogP contribution >= 0.6 is 0 Å². The van der Waals surface area contributed by atoms with Gasteiger partial charge in [0.05, 0.1) is 7.11 Å². The number of carbonyl (C=O) groups is 1. The van der Waals surface area contributed by atoms with E-state index in [1.807, 2.05) is 45.9 Å². The molecule has 0 atom stereocenters. The summed E-state index contributed by atoms with van der Waals surface area (Å²) in [6.45, 7) is 10.9. The Morgan fingerprint density at radius 3 is 2.60 bits per heavy atom. The standard InChI is InChI=1S/C19H32N2O4/c1-6-24-11-7-10-20-13-15-8-9-16(17(12-15)23-5)25-14-18(22)21-19(2,3)4/h8-9,12,20H,6-7,10-11,13-14H2,1-5H3,(H,21,22). The van der Waals surface area contributed by atoms with Crippen LogP contribution in [0.25, 0.3) is 0 Å². The molecule has 6 heteroatoms. The van der Waals surface area contributed by atoms with Gasteiger partial charge in [0.2, 0.25) is 0 Å². The monoisotopic (exact) mass is 352 g/mol. The van der Waals surface area contributed by atoms with Crippen molar-refractivity contribution in [2.75, 3.05) is 33.5 Å². The van der Waals surface area contributed by atoms with Crippen LogP contribution in [0.3, 0.4) is 0 Å². The molecule has 0 spiro atoms. The molecule has 1 rings (SSSR count). The maximum absolute atomic E-state index is 11.9. The number of rotatable bonds is 11. The third-order valence-corrected chi connectivity index (χ3v) is 3.28. The molecule has 0 fully saturated rings. The van der Waals surface area contributed by atoms with Crippen LogP contribution in [0.2, 0.25) is 0 Å². The molecule has 1 aromatic carbocycles. The molecule has 0 unspecified atom stereocenters.